The zero-order chi connectivity index (χ0) is 22.4. The van der Waals surface area contributed by atoms with Crippen LogP contribution in [0.4, 0.5) is 26.3 Å². The van der Waals surface area contributed by atoms with Crippen molar-refractivity contribution >= 4 is 5.97 Å². The number of hydrogen-bond acceptors (Lipinski definition) is 4. The molecular formula is C20H16F6O4. The minimum absolute atomic E-state index is 0.00217. The fourth-order valence-corrected chi connectivity index (χ4v) is 2.19. The fraction of sp³-hybridized carbons (Fsp3) is 0.250. The summed E-state index contributed by atoms with van der Waals surface area (Å²) in [6, 6.07) is 6.77. The van der Waals surface area contributed by atoms with Crippen LogP contribution in [0.15, 0.2) is 55.1 Å². The van der Waals surface area contributed by atoms with E-state index in [2.05, 4.69) is 11.3 Å². The van der Waals surface area contributed by atoms with Crippen molar-refractivity contribution in [2.75, 3.05) is 6.61 Å². The monoisotopic (exact) mass is 434 g/mol. The van der Waals surface area contributed by atoms with Gasteiger partial charge >= 0.3 is 18.3 Å². The van der Waals surface area contributed by atoms with Crippen LogP contribution in [0.25, 0.3) is 0 Å². The second-order valence-corrected chi connectivity index (χ2v) is 5.93. The molecule has 0 amide bonds. The molecule has 0 aliphatic heterocycles. The van der Waals surface area contributed by atoms with E-state index in [-0.39, 0.29) is 24.5 Å². The van der Waals surface area contributed by atoms with Gasteiger partial charge in [0.1, 0.15) is 11.5 Å². The third kappa shape index (κ3) is 7.02. The van der Waals surface area contributed by atoms with Gasteiger partial charge < -0.3 is 14.2 Å². The lowest BCUT2D eigenvalue weighted by molar-refractivity contribution is -0.187. The summed E-state index contributed by atoms with van der Waals surface area (Å²) in [4.78, 5) is 11.1. The molecule has 0 unspecified atom stereocenters. The Labute approximate surface area is 167 Å². The maximum atomic E-state index is 14.3. The number of carbonyl (C=O) groups is 1. The average molecular weight is 434 g/mol. The number of rotatable bonds is 9. The Kier molecular flexibility index (Phi) is 7.36. The molecule has 0 saturated carbocycles. The van der Waals surface area contributed by atoms with E-state index in [1.54, 1.807) is 0 Å². The summed E-state index contributed by atoms with van der Waals surface area (Å²) in [6.45, 7) is 2.88. The lowest BCUT2D eigenvalue weighted by atomic mass is 10.2. The van der Waals surface area contributed by atoms with Crippen LogP contribution in [-0.4, -0.2) is 18.8 Å². The van der Waals surface area contributed by atoms with E-state index < -0.39 is 41.8 Å². The molecule has 0 radical (unpaired) electrons. The van der Waals surface area contributed by atoms with Crippen LogP contribution in [0.3, 0.4) is 0 Å². The van der Waals surface area contributed by atoms with Crippen molar-refractivity contribution in [3.63, 3.8) is 0 Å². The smallest absolute Gasteiger partial charge is 0.426 e. The van der Waals surface area contributed by atoms with Crippen LogP contribution < -0.4 is 14.2 Å². The van der Waals surface area contributed by atoms with Gasteiger partial charge in [-0.2, -0.15) is 22.0 Å². The molecule has 0 atom stereocenters. The molecule has 0 N–H and O–H groups in total. The fourth-order valence-electron chi connectivity index (χ4n) is 2.19. The number of benzene rings is 2. The van der Waals surface area contributed by atoms with Crippen LogP contribution >= 0.6 is 0 Å². The van der Waals surface area contributed by atoms with Gasteiger partial charge in [0.15, 0.2) is 11.6 Å². The Morgan fingerprint density at radius 3 is 2.20 bits per heavy atom. The number of ether oxygens (including phenoxy) is 3. The molecule has 0 fully saturated rings. The summed E-state index contributed by atoms with van der Waals surface area (Å²) in [5.74, 6) is -2.87. The molecule has 0 aromatic heterocycles. The highest BCUT2D eigenvalue weighted by Gasteiger charge is 2.35. The van der Waals surface area contributed by atoms with Gasteiger partial charge in [-0.1, -0.05) is 6.58 Å². The van der Waals surface area contributed by atoms with Crippen LogP contribution in [0.1, 0.15) is 18.4 Å². The number of hydrogen-bond donors (Lipinski definition) is 0. The van der Waals surface area contributed by atoms with Crippen molar-refractivity contribution in [2.24, 2.45) is 0 Å². The van der Waals surface area contributed by atoms with Gasteiger partial charge in [0.05, 0.1) is 12.2 Å². The molecule has 0 bridgehead atoms. The second kappa shape index (κ2) is 9.55. The third-order valence-electron chi connectivity index (χ3n) is 3.59. The van der Waals surface area contributed by atoms with Gasteiger partial charge in [-0.15, -0.1) is 0 Å². The molecule has 162 valence electrons. The molecule has 0 aliphatic rings. The van der Waals surface area contributed by atoms with Crippen LogP contribution in [-0.2, 0) is 10.9 Å². The summed E-state index contributed by atoms with van der Waals surface area (Å²) in [5.41, 5.74) is -0.632. The van der Waals surface area contributed by atoms with Crippen LogP contribution in [0.5, 0.6) is 17.2 Å². The van der Waals surface area contributed by atoms with Gasteiger partial charge in [0.25, 0.3) is 0 Å². The number of carbonyl (C=O) groups excluding carboxylic acids is 1. The van der Waals surface area contributed by atoms with E-state index >= 15 is 0 Å². The molecule has 30 heavy (non-hydrogen) atoms. The Balaban J connectivity index is 2.00. The molecule has 2 aromatic rings. The van der Waals surface area contributed by atoms with E-state index in [0.717, 1.165) is 48.5 Å². The number of esters is 1. The lowest BCUT2D eigenvalue weighted by Crippen LogP contribution is -2.22. The Morgan fingerprint density at radius 2 is 1.63 bits per heavy atom. The van der Waals surface area contributed by atoms with Gasteiger partial charge in [-0.05, 0) is 42.8 Å². The van der Waals surface area contributed by atoms with Crippen LogP contribution in [0.2, 0.25) is 0 Å². The molecule has 0 aliphatic carbocycles. The SMILES string of the molecule is C=CC(=O)Oc1ccc(C(F)(F)Oc2ccc(OCCCC(F)(F)F)cc2F)cc1. The van der Waals surface area contributed by atoms with E-state index in [1.165, 1.54) is 0 Å². The van der Waals surface area contributed by atoms with Crippen molar-refractivity contribution in [3.05, 3.63) is 66.5 Å². The third-order valence-corrected chi connectivity index (χ3v) is 3.59. The van der Waals surface area contributed by atoms with E-state index in [4.69, 9.17) is 9.47 Å². The summed E-state index contributed by atoms with van der Waals surface area (Å²) in [6.07, 6.45) is -8.74. The predicted molar refractivity (Wildman–Crippen MR) is 94.0 cm³/mol. The first-order valence-corrected chi connectivity index (χ1v) is 8.51. The second-order valence-electron chi connectivity index (χ2n) is 5.93. The predicted octanol–water partition coefficient (Wildman–Crippen LogP) is 5.77. The van der Waals surface area contributed by atoms with Gasteiger partial charge in [-0.3, -0.25) is 0 Å². The summed E-state index contributed by atoms with van der Waals surface area (Å²) >= 11 is 0. The zero-order valence-electron chi connectivity index (χ0n) is 15.3. The zero-order valence-corrected chi connectivity index (χ0v) is 15.3. The Morgan fingerprint density at radius 1 is 1.00 bits per heavy atom. The van der Waals surface area contributed by atoms with E-state index in [1.807, 2.05) is 0 Å². The molecule has 10 heteroatoms. The van der Waals surface area contributed by atoms with Crippen molar-refractivity contribution in [1.82, 2.24) is 0 Å². The minimum atomic E-state index is -4.33. The molecule has 2 aromatic carbocycles. The first kappa shape index (κ1) is 23.1. The van der Waals surface area contributed by atoms with Crippen LogP contribution in [0, 0.1) is 5.82 Å². The Hall–Kier alpha value is -3.17. The molecule has 2 rings (SSSR count). The summed E-state index contributed by atoms with van der Waals surface area (Å²) < 4.78 is 93.0. The normalized spacial score (nSPS) is 11.7. The topological polar surface area (TPSA) is 44.8 Å². The van der Waals surface area contributed by atoms with E-state index in [0.29, 0.717) is 0 Å². The molecule has 0 heterocycles. The van der Waals surface area contributed by atoms with Gasteiger partial charge in [0, 0.05) is 18.6 Å². The number of alkyl halides is 5. The maximum Gasteiger partial charge on any atom is 0.426 e. The molecule has 0 spiro atoms. The van der Waals surface area contributed by atoms with Crippen molar-refractivity contribution in [2.45, 2.75) is 25.1 Å². The lowest BCUT2D eigenvalue weighted by Gasteiger charge is -2.19. The minimum Gasteiger partial charge on any atom is -0.493 e. The van der Waals surface area contributed by atoms with Crippen molar-refractivity contribution < 1.29 is 45.3 Å². The first-order valence-electron chi connectivity index (χ1n) is 8.51. The quantitative estimate of drug-likeness (QED) is 0.165. The van der Waals surface area contributed by atoms with Gasteiger partial charge in [0.2, 0.25) is 0 Å². The number of halogens is 6. The standard InChI is InChI=1S/C20H16F6O4/c1-2-18(27)29-14-6-4-13(5-7-14)20(25,26)30-17-9-8-15(12-16(17)21)28-11-3-10-19(22,23)24/h2,4-9,12H,1,3,10-11H2. The molecule has 4 nitrogen and oxygen atoms in total. The van der Waals surface area contributed by atoms with E-state index in [9.17, 15) is 31.1 Å². The Bertz CT molecular complexity index is 878. The van der Waals surface area contributed by atoms with Gasteiger partial charge in [-0.25, -0.2) is 9.18 Å². The first-order chi connectivity index (χ1) is 14.0. The highest BCUT2D eigenvalue weighted by atomic mass is 19.4. The highest BCUT2D eigenvalue weighted by Crippen LogP contribution is 2.34. The summed E-state index contributed by atoms with van der Waals surface area (Å²) in [5, 5.41) is 0. The van der Waals surface area contributed by atoms with Crippen molar-refractivity contribution in [1.29, 1.82) is 0 Å². The molecule has 0 saturated heterocycles. The highest BCUT2D eigenvalue weighted by molar-refractivity contribution is 5.83. The largest absolute Gasteiger partial charge is 0.493 e. The van der Waals surface area contributed by atoms with Crippen molar-refractivity contribution in [3.8, 4) is 17.2 Å². The summed E-state index contributed by atoms with van der Waals surface area (Å²) in [7, 11) is 0. The average Bonchev–Trinajstić information content (AvgIpc) is 2.67. The molecular weight excluding hydrogens is 418 g/mol. The maximum absolute atomic E-state index is 14.3.